The van der Waals surface area contributed by atoms with E-state index in [9.17, 15) is 14.4 Å². The van der Waals surface area contributed by atoms with Gasteiger partial charge in [-0.05, 0) is 42.5 Å². The van der Waals surface area contributed by atoms with Gasteiger partial charge >= 0.3 is 0 Å². The molecule has 0 aliphatic carbocycles. The Balaban J connectivity index is 0.00000484. The van der Waals surface area contributed by atoms with Gasteiger partial charge in [0.2, 0.25) is 11.8 Å². The van der Waals surface area contributed by atoms with Gasteiger partial charge < -0.3 is 25.3 Å². The average molecular weight is 596 g/mol. The molecule has 1 aliphatic rings. The van der Waals surface area contributed by atoms with Crippen molar-refractivity contribution < 1.29 is 19.1 Å². The van der Waals surface area contributed by atoms with Crippen LogP contribution in [0.1, 0.15) is 49.4 Å². The number of piperidine rings is 1. The molecule has 0 spiro atoms. The van der Waals surface area contributed by atoms with E-state index in [1.165, 1.54) is 0 Å². The largest absolute Gasteiger partial charge is 0.497 e. The average Bonchev–Trinajstić information content (AvgIpc) is 3.41. The van der Waals surface area contributed by atoms with Crippen LogP contribution in [-0.4, -0.2) is 64.3 Å². The van der Waals surface area contributed by atoms with Crippen molar-refractivity contribution >= 4 is 30.0 Å². The number of Topliss-reactive ketones (excluding diaryl/α,β-unsaturated/α-hetero) is 1. The summed E-state index contributed by atoms with van der Waals surface area (Å²) in [6.07, 6.45) is 6.33. The van der Waals surface area contributed by atoms with Crippen LogP contribution < -0.4 is 15.8 Å². The first-order valence-corrected chi connectivity index (χ1v) is 14.3. The van der Waals surface area contributed by atoms with Gasteiger partial charge in [0.15, 0.2) is 0 Å². The highest BCUT2D eigenvalue weighted by Crippen LogP contribution is 2.38. The van der Waals surface area contributed by atoms with E-state index < -0.39 is 23.4 Å². The van der Waals surface area contributed by atoms with E-state index in [1.807, 2.05) is 73.1 Å². The number of ether oxygens (including phenoxy) is 1. The van der Waals surface area contributed by atoms with Crippen molar-refractivity contribution in [1.29, 1.82) is 0 Å². The molecule has 10 heteroatoms. The molecular weight excluding hydrogens is 554 g/mol. The molecule has 1 saturated heterocycles. The van der Waals surface area contributed by atoms with Crippen LogP contribution in [0.5, 0.6) is 5.75 Å². The number of aryl methyl sites for hydroxylation is 1. The van der Waals surface area contributed by atoms with Crippen LogP contribution >= 0.6 is 12.4 Å². The number of nitrogens with zero attached hydrogens (tertiary/aromatic N) is 3. The Morgan fingerprint density at radius 1 is 1.05 bits per heavy atom. The Labute approximate surface area is 254 Å². The summed E-state index contributed by atoms with van der Waals surface area (Å²) in [6, 6.07) is 15.7. The molecule has 42 heavy (non-hydrogen) atoms. The van der Waals surface area contributed by atoms with Gasteiger partial charge in [-0.15, -0.1) is 12.4 Å². The molecular formula is C32H42ClN5O4. The van der Waals surface area contributed by atoms with Gasteiger partial charge in [-0.25, -0.2) is 4.98 Å². The fraction of sp³-hybridized carbons (Fsp3) is 0.438. The number of hydrogen-bond acceptors (Lipinski definition) is 6. The molecule has 0 unspecified atom stereocenters. The maximum Gasteiger partial charge on any atom is 0.245 e. The second kappa shape index (κ2) is 15.0. The van der Waals surface area contributed by atoms with Crippen LogP contribution in [0, 0.1) is 0 Å². The van der Waals surface area contributed by atoms with Crippen LogP contribution in [0.3, 0.4) is 0 Å². The first-order chi connectivity index (χ1) is 19.8. The van der Waals surface area contributed by atoms with E-state index in [2.05, 4.69) is 10.3 Å². The van der Waals surface area contributed by atoms with Gasteiger partial charge in [0.05, 0.1) is 24.9 Å². The number of amides is 2. The minimum Gasteiger partial charge on any atom is -0.497 e. The highest BCUT2D eigenvalue weighted by molar-refractivity contribution is 5.92. The third-order valence-electron chi connectivity index (χ3n) is 8.16. The SMILES string of the molecule is CCCC(=O)C1(c2ccccc2)CCN(C(=O)[C@@H](Cc2ccc(OC)cc2)NC(=O)[C@@H](N)Cc2cncn2C)CC1.Cl. The highest BCUT2D eigenvalue weighted by Gasteiger charge is 2.43. The smallest absolute Gasteiger partial charge is 0.245 e. The maximum absolute atomic E-state index is 13.9. The number of aromatic nitrogens is 2. The molecule has 0 saturated carbocycles. The van der Waals surface area contributed by atoms with Gasteiger partial charge in [-0.3, -0.25) is 14.4 Å². The molecule has 2 aromatic carbocycles. The summed E-state index contributed by atoms with van der Waals surface area (Å²) >= 11 is 0. The first kappa shape index (κ1) is 32.8. The third-order valence-corrected chi connectivity index (χ3v) is 8.16. The predicted octanol–water partition coefficient (Wildman–Crippen LogP) is 3.38. The van der Waals surface area contributed by atoms with Gasteiger partial charge in [0, 0.05) is 51.3 Å². The Kier molecular flexibility index (Phi) is 11.7. The summed E-state index contributed by atoms with van der Waals surface area (Å²) in [6.45, 7) is 2.87. The van der Waals surface area contributed by atoms with Crippen molar-refractivity contribution in [3.05, 3.63) is 83.9 Å². The van der Waals surface area contributed by atoms with Crippen molar-refractivity contribution in [1.82, 2.24) is 19.8 Å². The third kappa shape index (κ3) is 7.57. The zero-order valence-electron chi connectivity index (χ0n) is 24.6. The number of halogens is 1. The summed E-state index contributed by atoms with van der Waals surface area (Å²) in [5.74, 6) is 0.366. The summed E-state index contributed by atoms with van der Waals surface area (Å²) in [7, 11) is 3.45. The number of hydrogen-bond donors (Lipinski definition) is 2. The molecule has 1 fully saturated rings. The number of nitrogens with one attached hydrogen (secondary N) is 1. The van der Waals surface area contributed by atoms with Crippen molar-refractivity contribution in [2.75, 3.05) is 20.2 Å². The van der Waals surface area contributed by atoms with Crippen LogP contribution in [0.25, 0.3) is 0 Å². The molecule has 1 aromatic heterocycles. The fourth-order valence-corrected chi connectivity index (χ4v) is 5.66. The Morgan fingerprint density at radius 2 is 1.71 bits per heavy atom. The van der Waals surface area contributed by atoms with Crippen LogP contribution in [0.15, 0.2) is 67.1 Å². The Hall–Kier alpha value is -3.69. The van der Waals surface area contributed by atoms with E-state index in [1.54, 1.807) is 24.5 Å². The zero-order chi connectivity index (χ0) is 29.4. The molecule has 0 bridgehead atoms. The summed E-state index contributed by atoms with van der Waals surface area (Å²) in [4.78, 5) is 46.4. The lowest BCUT2D eigenvalue weighted by Crippen LogP contribution is -2.57. The number of ketones is 1. The molecule has 2 amide bonds. The summed E-state index contributed by atoms with van der Waals surface area (Å²) in [5, 5.41) is 2.94. The first-order valence-electron chi connectivity index (χ1n) is 14.3. The molecule has 2 atom stereocenters. The van der Waals surface area contributed by atoms with Gasteiger partial charge in [-0.1, -0.05) is 49.4 Å². The lowest BCUT2D eigenvalue weighted by Gasteiger charge is -2.42. The lowest BCUT2D eigenvalue weighted by atomic mass is 9.68. The summed E-state index contributed by atoms with van der Waals surface area (Å²) < 4.78 is 7.09. The number of imidazole rings is 1. The molecule has 9 nitrogen and oxygen atoms in total. The van der Waals surface area contributed by atoms with Crippen LogP contribution in [0.2, 0.25) is 0 Å². The normalized spacial score (nSPS) is 15.7. The second-order valence-electron chi connectivity index (χ2n) is 10.9. The molecule has 2 heterocycles. The lowest BCUT2D eigenvalue weighted by molar-refractivity contribution is -0.139. The number of carbonyl (C=O) groups excluding carboxylic acids is 3. The topological polar surface area (TPSA) is 120 Å². The van der Waals surface area contributed by atoms with E-state index in [-0.39, 0.29) is 24.1 Å². The Bertz CT molecular complexity index is 1320. The zero-order valence-corrected chi connectivity index (χ0v) is 25.4. The van der Waals surface area contributed by atoms with Gasteiger partial charge in [-0.2, -0.15) is 0 Å². The molecule has 226 valence electrons. The number of rotatable bonds is 12. The molecule has 0 radical (unpaired) electrons. The number of methoxy groups -OCH3 is 1. The fourth-order valence-electron chi connectivity index (χ4n) is 5.66. The van der Waals surface area contributed by atoms with Gasteiger partial charge in [0.25, 0.3) is 0 Å². The predicted molar refractivity (Wildman–Crippen MR) is 165 cm³/mol. The molecule has 3 aromatic rings. The minimum absolute atomic E-state index is 0. The minimum atomic E-state index is -0.838. The molecule has 1 aliphatic heterocycles. The number of benzene rings is 2. The number of carbonyl (C=O) groups is 3. The second-order valence-corrected chi connectivity index (χ2v) is 10.9. The van der Waals surface area contributed by atoms with E-state index in [4.69, 9.17) is 10.5 Å². The number of nitrogens with two attached hydrogens (primary N) is 1. The van der Waals surface area contributed by atoms with Gasteiger partial charge in [0.1, 0.15) is 17.6 Å². The molecule has 4 rings (SSSR count). The van der Waals surface area contributed by atoms with E-state index >= 15 is 0 Å². The quantitative estimate of drug-likeness (QED) is 0.331. The molecule has 3 N–H and O–H groups in total. The maximum atomic E-state index is 13.9. The monoisotopic (exact) mass is 595 g/mol. The van der Waals surface area contributed by atoms with Crippen LogP contribution in [-0.2, 0) is 39.7 Å². The van der Waals surface area contributed by atoms with Crippen LogP contribution in [0.4, 0.5) is 0 Å². The summed E-state index contributed by atoms with van der Waals surface area (Å²) in [5.41, 5.74) is 8.39. The Morgan fingerprint density at radius 3 is 2.29 bits per heavy atom. The van der Waals surface area contributed by atoms with Crippen molar-refractivity contribution in [3.63, 3.8) is 0 Å². The number of likely N-dealkylation sites (tertiary alicyclic amines) is 1. The highest BCUT2D eigenvalue weighted by atomic mass is 35.5. The van der Waals surface area contributed by atoms with E-state index in [0.29, 0.717) is 50.9 Å². The van der Waals surface area contributed by atoms with Crippen molar-refractivity contribution in [3.8, 4) is 5.75 Å². The standard InChI is InChI=1S/C32H41N5O4.ClH/c1-4-8-29(38)32(24-9-6-5-7-10-24)15-17-37(18-16-32)31(40)28(19-23-11-13-26(41-3)14-12-23)35-30(39)27(33)20-25-21-34-22-36(25)2;/h5-7,9-14,21-22,27-28H,4,8,15-20,33H2,1-3H3,(H,35,39);1H/t27-,28+;/m0./s1. The van der Waals surface area contributed by atoms with Crippen molar-refractivity contribution in [2.45, 2.75) is 62.9 Å². The van der Waals surface area contributed by atoms with E-state index in [0.717, 1.165) is 23.2 Å². The van der Waals surface area contributed by atoms with Crippen molar-refractivity contribution in [2.24, 2.45) is 12.8 Å².